The van der Waals surface area contributed by atoms with Crippen LogP contribution in [-0.4, -0.2) is 12.5 Å². The van der Waals surface area contributed by atoms with Gasteiger partial charge < -0.3 is 5.73 Å². The molecule has 2 rings (SSSR count). The molecule has 0 bridgehead atoms. The molecule has 14 heavy (non-hydrogen) atoms. The van der Waals surface area contributed by atoms with Gasteiger partial charge in [0.1, 0.15) is 0 Å². The van der Waals surface area contributed by atoms with Crippen molar-refractivity contribution in [2.75, 3.05) is 12.5 Å². The SMILES string of the molecule is CSc1cccc(C2(N)CC2)c1SC. The van der Waals surface area contributed by atoms with E-state index in [9.17, 15) is 0 Å². The highest BCUT2D eigenvalue weighted by Gasteiger charge is 2.41. The van der Waals surface area contributed by atoms with E-state index in [2.05, 4.69) is 30.7 Å². The van der Waals surface area contributed by atoms with Crippen molar-refractivity contribution in [1.29, 1.82) is 0 Å². The lowest BCUT2D eigenvalue weighted by Crippen LogP contribution is -2.19. The molecule has 0 radical (unpaired) electrons. The van der Waals surface area contributed by atoms with Crippen molar-refractivity contribution in [3.8, 4) is 0 Å². The van der Waals surface area contributed by atoms with E-state index in [1.54, 1.807) is 11.8 Å². The van der Waals surface area contributed by atoms with Gasteiger partial charge in [-0.25, -0.2) is 0 Å². The molecule has 1 saturated carbocycles. The summed E-state index contributed by atoms with van der Waals surface area (Å²) in [6.07, 6.45) is 6.52. The normalized spacial score (nSPS) is 18.2. The largest absolute Gasteiger partial charge is 0.321 e. The van der Waals surface area contributed by atoms with Gasteiger partial charge in [0, 0.05) is 15.3 Å². The van der Waals surface area contributed by atoms with Crippen molar-refractivity contribution in [3.05, 3.63) is 23.8 Å². The Morgan fingerprint density at radius 1 is 1.21 bits per heavy atom. The minimum absolute atomic E-state index is 0.00984. The van der Waals surface area contributed by atoms with Gasteiger partial charge in [-0.3, -0.25) is 0 Å². The third kappa shape index (κ3) is 1.69. The average Bonchev–Trinajstić information content (AvgIpc) is 2.96. The maximum atomic E-state index is 6.25. The highest BCUT2D eigenvalue weighted by atomic mass is 32.2. The summed E-state index contributed by atoms with van der Waals surface area (Å²) in [5, 5.41) is 0. The molecule has 0 amide bonds. The van der Waals surface area contributed by atoms with Gasteiger partial charge in [0.25, 0.3) is 0 Å². The fraction of sp³-hybridized carbons (Fsp3) is 0.455. The van der Waals surface area contributed by atoms with Crippen LogP contribution < -0.4 is 5.73 Å². The Kier molecular flexibility index (Phi) is 2.82. The number of benzene rings is 1. The molecule has 0 unspecified atom stereocenters. The van der Waals surface area contributed by atoms with E-state index >= 15 is 0 Å². The molecule has 1 fully saturated rings. The molecule has 0 saturated heterocycles. The zero-order chi connectivity index (χ0) is 10.2. The minimum Gasteiger partial charge on any atom is -0.321 e. The third-order valence-corrected chi connectivity index (χ3v) is 4.49. The minimum atomic E-state index is -0.00984. The van der Waals surface area contributed by atoms with Crippen molar-refractivity contribution in [3.63, 3.8) is 0 Å². The Hall–Kier alpha value is -0.120. The van der Waals surface area contributed by atoms with Crippen molar-refractivity contribution in [1.82, 2.24) is 0 Å². The molecule has 0 spiro atoms. The number of hydrogen-bond acceptors (Lipinski definition) is 3. The van der Waals surface area contributed by atoms with Crippen LogP contribution in [0.1, 0.15) is 18.4 Å². The van der Waals surface area contributed by atoms with Crippen LogP contribution in [0.2, 0.25) is 0 Å². The summed E-state index contributed by atoms with van der Waals surface area (Å²) in [4.78, 5) is 2.73. The molecule has 1 aromatic rings. The van der Waals surface area contributed by atoms with Crippen molar-refractivity contribution < 1.29 is 0 Å². The summed E-state index contributed by atoms with van der Waals surface area (Å²) in [5.74, 6) is 0. The van der Waals surface area contributed by atoms with Crippen LogP contribution >= 0.6 is 23.5 Å². The van der Waals surface area contributed by atoms with E-state index in [0.717, 1.165) is 12.8 Å². The molecule has 0 aromatic heterocycles. The molecule has 3 heteroatoms. The smallest absolute Gasteiger partial charge is 0.0422 e. The Balaban J connectivity index is 2.48. The van der Waals surface area contributed by atoms with E-state index in [1.165, 1.54) is 15.4 Å². The monoisotopic (exact) mass is 225 g/mol. The topological polar surface area (TPSA) is 26.0 Å². The molecule has 1 aliphatic rings. The van der Waals surface area contributed by atoms with E-state index in [-0.39, 0.29) is 5.54 Å². The first-order valence-electron chi connectivity index (χ1n) is 4.71. The fourth-order valence-electron chi connectivity index (χ4n) is 1.68. The Labute approximate surface area is 93.8 Å². The highest BCUT2D eigenvalue weighted by Crippen LogP contribution is 2.47. The lowest BCUT2D eigenvalue weighted by atomic mass is 10.1. The van der Waals surface area contributed by atoms with E-state index < -0.39 is 0 Å². The summed E-state index contributed by atoms with van der Waals surface area (Å²) in [6, 6.07) is 6.47. The van der Waals surface area contributed by atoms with Crippen LogP contribution in [0.5, 0.6) is 0 Å². The van der Waals surface area contributed by atoms with Crippen LogP contribution in [-0.2, 0) is 5.54 Å². The summed E-state index contributed by atoms with van der Waals surface area (Å²) < 4.78 is 0. The molecular weight excluding hydrogens is 210 g/mol. The quantitative estimate of drug-likeness (QED) is 0.801. The van der Waals surface area contributed by atoms with Crippen molar-refractivity contribution in [2.45, 2.75) is 28.2 Å². The average molecular weight is 225 g/mol. The van der Waals surface area contributed by atoms with E-state index in [1.807, 2.05) is 11.8 Å². The lowest BCUT2D eigenvalue weighted by molar-refractivity contribution is 0.715. The van der Waals surface area contributed by atoms with Crippen LogP contribution in [0, 0.1) is 0 Å². The summed E-state index contributed by atoms with van der Waals surface area (Å²) >= 11 is 3.61. The van der Waals surface area contributed by atoms with Crippen LogP contribution in [0.25, 0.3) is 0 Å². The molecule has 0 atom stereocenters. The Morgan fingerprint density at radius 3 is 2.43 bits per heavy atom. The van der Waals surface area contributed by atoms with Crippen LogP contribution in [0.4, 0.5) is 0 Å². The molecule has 1 nitrogen and oxygen atoms in total. The fourth-order valence-corrected chi connectivity index (χ4v) is 3.45. The van der Waals surface area contributed by atoms with Crippen LogP contribution in [0.3, 0.4) is 0 Å². The summed E-state index contributed by atoms with van der Waals surface area (Å²) in [5.41, 5.74) is 7.58. The second-order valence-electron chi connectivity index (χ2n) is 3.70. The zero-order valence-corrected chi connectivity index (χ0v) is 10.2. The Bertz CT molecular complexity index is 345. The van der Waals surface area contributed by atoms with Gasteiger partial charge >= 0.3 is 0 Å². The standard InChI is InChI=1S/C11H15NS2/c1-13-9-5-3-4-8(10(9)14-2)11(12)6-7-11/h3-5H,6-7,12H2,1-2H3. The molecule has 76 valence electrons. The van der Waals surface area contributed by atoms with E-state index in [4.69, 9.17) is 5.73 Å². The van der Waals surface area contributed by atoms with E-state index in [0.29, 0.717) is 0 Å². The van der Waals surface area contributed by atoms with Gasteiger partial charge in [-0.15, -0.1) is 23.5 Å². The molecule has 0 aliphatic heterocycles. The van der Waals surface area contributed by atoms with Gasteiger partial charge in [0.15, 0.2) is 0 Å². The van der Waals surface area contributed by atoms with Crippen molar-refractivity contribution in [2.24, 2.45) is 5.73 Å². The second kappa shape index (κ2) is 3.80. The molecule has 1 aromatic carbocycles. The number of rotatable bonds is 3. The summed E-state index contributed by atoms with van der Waals surface area (Å²) in [7, 11) is 0. The van der Waals surface area contributed by atoms with Crippen molar-refractivity contribution >= 4 is 23.5 Å². The highest BCUT2D eigenvalue weighted by molar-refractivity contribution is 8.01. The Morgan fingerprint density at radius 2 is 1.93 bits per heavy atom. The van der Waals surface area contributed by atoms with Crippen LogP contribution in [0.15, 0.2) is 28.0 Å². The zero-order valence-electron chi connectivity index (χ0n) is 8.54. The van der Waals surface area contributed by atoms with Gasteiger partial charge in [-0.1, -0.05) is 12.1 Å². The molecular formula is C11H15NS2. The summed E-state index contributed by atoms with van der Waals surface area (Å²) in [6.45, 7) is 0. The molecule has 1 aliphatic carbocycles. The maximum absolute atomic E-state index is 6.25. The molecule has 2 N–H and O–H groups in total. The molecule has 0 heterocycles. The first-order valence-corrected chi connectivity index (χ1v) is 7.16. The van der Waals surface area contributed by atoms with Gasteiger partial charge in [-0.05, 0) is 37.0 Å². The third-order valence-electron chi connectivity index (χ3n) is 2.73. The van der Waals surface area contributed by atoms with Gasteiger partial charge in [0.2, 0.25) is 0 Å². The maximum Gasteiger partial charge on any atom is 0.0422 e. The lowest BCUT2D eigenvalue weighted by Gasteiger charge is -2.16. The van der Waals surface area contributed by atoms with Gasteiger partial charge in [-0.2, -0.15) is 0 Å². The first-order chi connectivity index (χ1) is 6.71. The van der Waals surface area contributed by atoms with Gasteiger partial charge in [0.05, 0.1) is 0 Å². The number of hydrogen-bond donors (Lipinski definition) is 1. The number of thioether (sulfide) groups is 2. The second-order valence-corrected chi connectivity index (χ2v) is 5.36. The first kappa shape index (κ1) is 10.4. The number of nitrogens with two attached hydrogens (primary N) is 1. The predicted molar refractivity (Wildman–Crippen MR) is 65.1 cm³/mol. The predicted octanol–water partition coefficient (Wildman–Crippen LogP) is 3.08.